The summed E-state index contributed by atoms with van der Waals surface area (Å²) in [6, 6.07) is -0.0241. The Bertz CT molecular complexity index is 334. The molecule has 0 saturated heterocycles. The second-order valence-corrected chi connectivity index (χ2v) is 6.14. The Labute approximate surface area is 108 Å². The van der Waals surface area contributed by atoms with Crippen LogP contribution in [0, 0.1) is 5.41 Å². The van der Waals surface area contributed by atoms with Gasteiger partial charge in [-0.3, -0.25) is 4.79 Å². The fourth-order valence-corrected chi connectivity index (χ4v) is 2.27. The molecule has 1 aliphatic carbocycles. The van der Waals surface area contributed by atoms with Crippen LogP contribution in [-0.2, 0) is 14.3 Å². The van der Waals surface area contributed by atoms with Crippen LogP contribution in [0.4, 0.5) is 4.79 Å². The molecule has 1 N–H and O–H groups in total. The van der Waals surface area contributed by atoms with E-state index in [0.29, 0.717) is 6.42 Å². The molecule has 0 aromatic rings. The minimum atomic E-state index is -0.506. The van der Waals surface area contributed by atoms with Crippen LogP contribution in [0.1, 0.15) is 47.0 Å². The molecule has 1 unspecified atom stereocenters. The normalized spacial score (nSPS) is 27.7. The fraction of sp³-hybridized carbons (Fsp3) is 0.846. The molecule has 1 fully saturated rings. The van der Waals surface area contributed by atoms with Gasteiger partial charge in [-0.25, -0.2) is 4.79 Å². The highest BCUT2D eigenvalue weighted by atomic mass is 16.6. The van der Waals surface area contributed by atoms with Crippen LogP contribution in [0.25, 0.3) is 0 Å². The van der Waals surface area contributed by atoms with Gasteiger partial charge < -0.3 is 14.8 Å². The molecule has 2 atom stereocenters. The van der Waals surface area contributed by atoms with E-state index < -0.39 is 17.1 Å². The monoisotopic (exact) mass is 257 g/mol. The third-order valence-corrected chi connectivity index (χ3v) is 3.14. The predicted octanol–water partition coefficient (Wildman–Crippen LogP) is 2.24. The van der Waals surface area contributed by atoms with Crippen molar-refractivity contribution in [2.75, 3.05) is 7.11 Å². The zero-order chi connectivity index (χ0) is 14.0. The number of alkyl carbamates (subject to hydrolysis) is 1. The average molecular weight is 257 g/mol. The van der Waals surface area contributed by atoms with E-state index in [9.17, 15) is 9.59 Å². The molecule has 1 aliphatic rings. The maximum absolute atomic E-state index is 11.6. The highest BCUT2D eigenvalue weighted by Gasteiger charge is 2.42. The molecule has 18 heavy (non-hydrogen) atoms. The van der Waals surface area contributed by atoms with E-state index in [4.69, 9.17) is 9.47 Å². The van der Waals surface area contributed by atoms with E-state index >= 15 is 0 Å². The zero-order valence-corrected chi connectivity index (χ0v) is 11.8. The minimum absolute atomic E-state index is 0.0241. The summed E-state index contributed by atoms with van der Waals surface area (Å²) in [6.45, 7) is 7.33. The lowest BCUT2D eigenvalue weighted by atomic mass is 9.89. The predicted molar refractivity (Wildman–Crippen MR) is 67.1 cm³/mol. The quantitative estimate of drug-likeness (QED) is 0.770. The van der Waals surface area contributed by atoms with Gasteiger partial charge in [-0.05, 0) is 47.0 Å². The van der Waals surface area contributed by atoms with Crippen molar-refractivity contribution in [2.45, 2.75) is 58.6 Å². The van der Waals surface area contributed by atoms with E-state index in [-0.39, 0.29) is 12.0 Å². The second kappa shape index (κ2) is 5.16. The zero-order valence-electron chi connectivity index (χ0n) is 11.8. The molecule has 0 bridgehead atoms. The molecule has 0 spiro atoms. The van der Waals surface area contributed by atoms with Crippen molar-refractivity contribution in [3.05, 3.63) is 0 Å². The summed E-state index contributed by atoms with van der Waals surface area (Å²) in [5.41, 5.74) is -0.997. The van der Waals surface area contributed by atoms with Crippen LogP contribution in [-0.4, -0.2) is 30.8 Å². The van der Waals surface area contributed by atoms with Crippen LogP contribution in [0.3, 0.4) is 0 Å². The summed E-state index contributed by atoms with van der Waals surface area (Å²) in [5, 5.41) is 2.80. The summed E-state index contributed by atoms with van der Waals surface area (Å²) in [5.74, 6) is -0.212. The first kappa shape index (κ1) is 14.8. The smallest absolute Gasteiger partial charge is 0.407 e. The van der Waals surface area contributed by atoms with E-state index in [1.807, 2.05) is 27.7 Å². The Kier molecular flexibility index (Phi) is 4.24. The molecule has 1 rings (SSSR count). The van der Waals surface area contributed by atoms with Crippen LogP contribution < -0.4 is 5.32 Å². The summed E-state index contributed by atoms with van der Waals surface area (Å²) >= 11 is 0. The Balaban J connectivity index is 2.48. The maximum Gasteiger partial charge on any atom is 0.407 e. The maximum atomic E-state index is 11.6. The number of hydrogen-bond acceptors (Lipinski definition) is 4. The van der Waals surface area contributed by atoms with Gasteiger partial charge in [-0.2, -0.15) is 0 Å². The number of amides is 1. The molecule has 0 aliphatic heterocycles. The average Bonchev–Trinajstić information content (AvgIpc) is 2.57. The summed E-state index contributed by atoms with van der Waals surface area (Å²) < 4.78 is 9.98. The standard InChI is InChI=1S/C13H23NO4/c1-12(2,3)18-11(16)14-9-6-7-13(4,8-9)10(15)17-5/h9H,6-8H2,1-5H3,(H,14,16)/t9-,13?/m1/s1. The van der Waals surface area contributed by atoms with E-state index in [1.54, 1.807) is 0 Å². The third-order valence-electron chi connectivity index (χ3n) is 3.14. The summed E-state index contributed by atoms with van der Waals surface area (Å²) in [4.78, 5) is 23.2. The van der Waals surface area contributed by atoms with Crippen LogP contribution >= 0.6 is 0 Å². The van der Waals surface area contributed by atoms with Gasteiger partial charge in [0.1, 0.15) is 5.60 Å². The summed E-state index contributed by atoms with van der Waals surface area (Å²) in [7, 11) is 1.39. The highest BCUT2D eigenvalue weighted by molar-refractivity contribution is 5.77. The third kappa shape index (κ3) is 3.89. The minimum Gasteiger partial charge on any atom is -0.469 e. The lowest BCUT2D eigenvalue weighted by Gasteiger charge is -2.23. The molecule has 1 saturated carbocycles. The lowest BCUT2D eigenvalue weighted by molar-refractivity contribution is -0.151. The van der Waals surface area contributed by atoms with Crippen molar-refractivity contribution in [1.82, 2.24) is 5.32 Å². The Morgan fingerprint density at radius 2 is 1.94 bits per heavy atom. The topological polar surface area (TPSA) is 64.6 Å². The molecular weight excluding hydrogens is 234 g/mol. The lowest BCUT2D eigenvalue weighted by Crippen LogP contribution is -2.39. The molecule has 0 aromatic carbocycles. The Morgan fingerprint density at radius 1 is 1.33 bits per heavy atom. The number of hydrogen-bond donors (Lipinski definition) is 1. The van der Waals surface area contributed by atoms with Gasteiger partial charge in [0.25, 0.3) is 0 Å². The SMILES string of the molecule is COC(=O)C1(C)CC[C@@H](NC(=O)OC(C)(C)C)C1. The highest BCUT2D eigenvalue weighted by Crippen LogP contribution is 2.38. The number of nitrogens with one attached hydrogen (secondary N) is 1. The Hall–Kier alpha value is -1.26. The number of ether oxygens (including phenoxy) is 2. The van der Waals surface area contributed by atoms with E-state index in [1.165, 1.54) is 7.11 Å². The van der Waals surface area contributed by atoms with Crippen molar-refractivity contribution in [3.63, 3.8) is 0 Å². The van der Waals surface area contributed by atoms with Crippen molar-refractivity contribution < 1.29 is 19.1 Å². The van der Waals surface area contributed by atoms with Crippen molar-refractivity contribution in [2.24, 2.45) is 5.41 Å². The number of methoxy groups -OCH3 is 1. The molecule has 1 amide bonds. The molecule has 0 heterocycles. The second-order valence-electron chi connectivity index (χ2n) is 6.14. The molecule has 104 valence electrons. The van der Waals surface area contributed by atoms with Gasteiger partial charge in [-0.15, -0.1) is 0 Å². The number of esters is 1. The van der Waals surface area contributed by atoms with Gasteiger partial charge in [0, 0.05) is 6.04 Å². The summed E-state index contributed by atoms with van der Waals surface area (Å²) in [6.07, 6.45) is 1.66. The van der Waals surface area contributed by atoms with E-state index in [0.717, 1.165) is 12.8 Å². The number of carbonyl (C=O) groups is 2. The molecule has 5 nitrogen and oxygen atoms in total. The van der Waals surface area contributed by atoms with Gasteiger partial charge >= 0.3 is 12.1 Å². The van der Waals surface area contributed by atoms with Gasteiger partial charge in [0.05, 0.1) is 12.5 Å². The molecular formula is C13H23NO4. The fourth-order valence-electron chi connectivity index (χ4n) is 2.27. The van der Waals surface area contributed by atoms with Crippen molar-refractivity contribution >= 4 is 12.1 Å². The van der Waals surface area contributed by atoms with Crippen LogP contribution in [0.5, 0.6) is 0 Å². The first-order valence-electron chi connectivity index (χ1n) is 6.24. The first-order chi connectivity index (χ1) is 8.16. The number of carbonyl (C=O) groups excluding carboxylic acids is 2. The molecule has 0 aromatic heterocycles. The molecule has 5 heteroatoms. The van der Waals surface area contributed by atoms with Crippen LogP contribution in [0.15, 0.2) is 0 Å². The number of rotatable bonds is 2. The Morgan fingerprint density at radius 3 is 2.44 bits per heavy atom. The first-order valence-corrected chi connectivity index (χ1v) is 6.24. The van der Waals surface area contributed by atoms with Gasteiger partial charge in [0.2, 0.25) is 0 Å². The van der Waals surface area contributed by atoms with Gasteiger partial charge in [0.15, 0.2) is 0 Å². The molecule has 0 radical (unpaired) electrons. The van der Waals surface area contributed by atoms with Crippen molar-refractivity contribution in [1.29, 1.82) is 0 Å². The van der Waals surface area contributed by atoms with Crippen LogP contribution in [0.2, 0.25) is 0 Å². The van der Waals surface area contributed by atoms with Gasteiger partial charge in [-0.1, -0.05) is 0 Å². The van der Waals surface area contributed by atoms with Crippen molar-refractivity contribution in [3.8, 4) is 0 Å². The largest absolute Gasteiger partial charge is 0.469 e. The van der Waals surface area contributed by atoms with E-state index in [2.05, 4.69) is 5.32 Å².